The summed E-state index contributed by atoms with van der Waals surface area (Å²) in [7, 11) is 1.33. The van der Waals surface area contributed by atoms with Gasteiger partial charge in [0.15, 0.2) is 6.29 Å². The lowest BCUT2D eigenvalue weighted by atomic mass is 9.87. The number of rotatable bonds is 12. The number of aromatic hydroxyl groups is 1. The summed E-state index contributed by atoms with van der Waals surface area (Å²) in [6.07, 6.45) is -4.54. The molecule has 12 heteroatoms. The fourth-order valence-electron chi connectivity index (χ4n) is 5.91. The molecule has 0 bridgehead atoms. The standard InChI is InChI=1S/C43H39F3N2O7/c1-42(2,3)30-8-17-34(18-9-30)54-37-16-7-28-25-38(47-26-29(28)24-37)40(50)48(31-10-12-32(49)13-11-31)39(41(51)52-4)23-27-5-14-33(15-6-27)53-35-19-21-36(22-20-35)55-43(44,45)46/h5-22,24-26,39,41,49,51H,23H2,1-4H3/t39-,41?/m0/s1. The molecule has 1 amide bonds. The molecule has 0 radical (unpaired) electrons. The first-order chi connectivity index (χ1) is 26.1. The van der Waals surface area contributed by atoms with Crippen LogP contribution in [0, 0.1) is 0 Å². The first kappa shape index (κ1) is 38.6. The summed E-state index contributed by atoms with van der Waals surface area (Å²) in [5.41, 5.74) is 2.40. The summed E-state index contributed by atoms with van der Waals surface area (Å²) in [5.74, 6) is 1.08. The minimum absolute atomic E-state index is 0.00917. The van der Waals surface area contributed by atoms with Gasteiger partial charge >= 0.3 is 6.36 Å². The van der Waals surface area contributed by atoms with Crippen molar-refractivity contribution < 1.29 is 47.1 Å². The SMILES string of the molecule is COC(O)[C@H](Cc1ccc(Oc2ccc(OC(F)(F)F)cc2)cc1)N(C(=O)c1cc2ccc(Oc3ccc(C(C)(C)C)cc3)cc2cn1)c1ccc(O)cc1. The van der Waals surface area contributed by atoms with E-state index < -0.39 is 24.6 Å². The maximum Gasteiger partial charge on any atom is 0.573 e. The summed E-state index contributed by atoms with van der Waals surface area (Å²) in [5, 5.41) is 22.7. The third-order valence-electron chi connectivity index (χ3n) is 8.78. The van der Waals surface area contributed by atoms with E-state index in [1.165, 1.54) is 41.8 Å². The molecule has 9 nitrogen and oxygen atoms in total. The minimum atomic E-state index is -4.80. The number of ether oxygens (including phenoxy) is 4. The molecule has 1 aromatic heterocycles. The number of carbonyl (C=O) groups is 1. The van der Waals surface area contributed by atoms with Crippen LogP contribution in [0.15, 0.2) is 128 Å². The smallest absolute Gasteiger partial charge is 0.508 e. The number of hydrogen-bond acceptors (Lipinski definition) is 8. The highest BCUT2D eigenvalue weighted by molar-refractivity contribution is 6.07. The number of phenolic OH excluding ortho intramolecular Hbond substituents is 1. The number of hydrogen-bond donors (Lipinski definition) is 2. The van der Waals surface area contributed by atoms with E-state index in [0.29, 0.717) is 28.5 Å². The molecule has 0 saturated carbocycles. The van der Waals surface area contributed by atoms with E-state index in [2.05, 4.69) is 30.5 Å². The van der Waals surface area contributed by atoms with Crippen molar-refractivity contribution in [2.45, 2.75) is 51.3 Å². The molecule has 2 atom stereocenters. The average molecular weight is 753 g/mol. The van der Waals surface area contributed by atoms with E-state index in [1.807, 2.05) is 42.5 Å². The van der Waals surface area contributed by atoms with Gasteiger partial charge in [0.1, 0.15) is 40.2 Å². The largest absolute Gasteiger partial charge is 0.573 e. The van der Waals surface area contributed by atoms with Crippen LogP contribution in [0.3, 0.4) is 0 Å². The zero-order valence-electron chi connectivity index (χ0n) is 30.5. The summed E-state index contributed by atoms with van der Waals surface area (Å²) in [6.45, 7) is 6.44. The molecule has 0 saturated heterocycles. The first-order valence-corrected chi connectivity index (χ1v) is 17.3. The zero-order valence-corrected chi connectivity index (χ0v) is 30.5. The van der Waals surface area contributed by atoms with Crippen molar-refractivity contribution in [3.05, 3.63) is 144 Å². The van der Waals surface area contributed by atoms with E-state index >= 15 is 0 Å². The first-order valence-electron chi connectivity index (χ1n) is 17.3. The Balaban J connectivity index is 1.23. The van der Waals surface area contributed by atoms with E-state index in [4.69, 9.17) is 14.2 Å². The number of aromatic nitrogens is 1. The van der Waals surface area contributed by atoms with E-state index in [1.54, 1.807) is 48.7 Å². The van der Waals surface area contributed by atoms with Gasteiger partial charge in [-0.2, -0.15) is 0 Å². The van der Waals surface area contributed by atoms with Crippen LogP contribution in [0.25, 0.3) is 10.8 Å². The van der Waals surface area contributed by atoms with Gasteiger partial charge in [-0.05, 0) is 119 Å². The second-order valence-electron chi connectivity index (χ2n) is 13.8. The van der Waals surface area contributed by atoms with Crippen LogP contribution in [-0.4, -0.2) is 46.9 Å². The van der Waals surface area contributed by atoms with Crippen molar-refractivity contribution in [2.24, 2.45) is 0 Å². The van der Waals surface area contributed by atoms with Crippen molar-refractivity contribution in [2.75, 3.05) is 12.0 Å². The number of aliphatic hydroxyl groups excluding tert-OH is 1. The van der Waals surface area contributed by atoms with Crippen LogP contribution < -0.4 is 19.1 Å². The van der Waals surface area contributed by atoms with E-state index in [-0.39, 0.29) is 34.8 Å². The van der Waals surface area contributed by atoms with Crippen molar-refractivity contribution in [1.29, 1.82) is 0 Å². The Morgan fingerprint density at radius 1 is 0.727 bits per heavy atom. The maximum absolute atomic E-state index is 14.4. The van der Waals surface area contributed by atoms with Crippen molar-refractivity contribution in [3.63, 3.8) is 0 Å². The Kier molecular flexibility index (Phi) is 11.3. The third kappa shape index (κ3) is 9.91. The lowest BCUT2D eigenvalue weighted by Gasteiger charge is -2.34. The number of halogens is 3. The van der Waals surface area contributed by atoms with Crippen LogP contribution in [0.5, 0.6) is 34.5 Å². The molecule has 0 aliphatic rings. The number of benzene rings is 5. The van der Waals surface area contributed by atoms with Crippen LogP contribution in [0.1, 0.15) is 42.4 Å². The number of carbonyl (C=O) groups excluding carboxylic acids is 1. The third-order valence-corrected chi connectivity index (χ3v) is 8.78. The number of fused-ring (bicyclic) bond motifs is 1. The Hall–Kier alpha value is -6.11. The highest BCUT2D eigenvalue weighted by atomic mass is 19.4. The molecule has 1 unspecified atom stereocenters. The molecule has 6 rings (SSSR count). The molecule has 0 fully saturated rings. The predicted molar refractivity (Wildman–Crippen MR) is 202 cm³/mol. The number of anilines is 1. The van der Waals surface area contributed by atoms with Gasteiger partial charge in [0.2, 0.25) is 0 Å². The summed E-state index contributed by atoms with van der Waals surface area (Å²) < 4.78 is 58.7. The fraction of sp³-hybridized carbons (Fsp3) is 0.209. The van der Waals surface area contributed by atoms with Crippen LogP contribution in [-0.2, 0) is 16.6 Å². The average Bonchev–Trinajstić information content (AvgIpc) is 3.15. The minimum Gasteiger partial charge on any atom is -0.508 e. The van der Waals surface area contributed by atoms with E-state index in [9.17, 15) is 28.2 Å². The van der Waals surface area contributed by atoms with Gasteiger partial charge in [-0.15, -0.1) is 13.2 Å². The lowest BCUT2D eigenvalue weighted by Crippen LogP contribution is -2.49. The number of phenols is 1. The summed E-state index contributed by atoms with van der Waals surface area (Å²) in [6, 6.07) is 31.9. The van der Waals surface area contributed by atoms with Crippen molar-refractivity contribution in [1.82, 2.24) is 4.98 Å². The van der Waals surface area contributed by atoms with Gasteiger partial charge in [0.05, 0.1) is 6.04 Å². The maximum atomic E-state index is 14.4. The molecular formula is C43H39F3N2O7. The van der Waals surface area contributed by atoms with Crippen LogP contribution >= 0.6 is 0 Å². The summed E-state index contributed by atoms with van der Waals surface area (Å²) >= 11 is 0. The molecule has 0 aliphatic carbocycles. The molecule has 0 spiro atoms. The molecule has 2 N–H and O–H groups in total. The topological polar surface area (TPSA) is 111 Å². The van der Waals surface area contributed by atoms with Gasteiger partial charge in [-0.3, -0.25) is 14.7 Å². The molecule has 284 valence electrons. The number of pyridine rings is 1. The Bertz CT molecular complexity index is 2220. The van der Waals surface area contributed by atoms with Gasteiger partial charge in [0, 0.05) is 24.4 Å². The second kappa shape index (κ2) is 16.1. The van der Waals surface area contributed by atoms with Crippen molar-refractivity contribution >= 4 is 22.4 Å². The molecule has 0 aliphatic heterocycles. The van der Waals surface area contributed by atoms with Gasteiger partial charge < -0.3 is 29.2 Å². The Labute approximate surface area is 316 Å². The fourth-order valence-corrected chi connectivity index (χ4v) is 5.91. The molecule has 55 heavy (non-hydrogen) atoms. The zero-order chi connectivity index (χ0) is 39.3. The monoisotopic (exact) mass is 752 g/mol. The van der Waals surface area contributed by atoms with Crippen LogP contribution in [0.4, 0.5) is 18.9 Å². The molecule has 6 aromatic rings. The van der Waals surface area contributed by atoms with Crippen LogP contribution in [0.2, 0.25) is 0 Å². The normalized spacial score (nSPS) is 12.9. The number of amides is 1. The number of alkyl halides is 3. The predicted octanol–water partition coefficient (Wildman–Crippen LogP) is 9.94. The second-order valence-corrected chi connectivity index (χ2v) is 13.8. The summed E-state index contributed by atoms with van der Waals surface area (Å²) in [4.78, 5) is 20.3. The highest BCUT2D eigenvalue weighted by Gasteiger charge is 2.33. The Morgan fingerprint density at radius 3 is 1.85 bits per heavy atom. The van der Waals surface area contributed by atoms with Crippen molar-refractivity contribution in [3.8, 4) is 34.5 Å². The van der Waals surface area contributed by atoms with Gasteiger partial charge in [-0.25, -0.2) is 0 Å². The molecular weight excluding hydrogens is 713 g/mol. The quantitative estimate of drug-likeness (QED) is 0.119. The lowest BCUT2D eigenvalue weighted by molar-refractivity contribution is -0.274. The van der Waals surface area contributed by atoms with Gasteiger partial charge in [0.25, 0.3) is 5.91 Å². The number of aliphatic hydroxyl groups is 1. The van der Waals surface area contributed by atoms with E-state index in [0.717, 1.165) is 22.9 Å². The molecule has 1 heterocycles. The number of nitrogens with zero attached hydrogens (tertiary/aromatic N) is 2. The Morgan fingerprint density at radius 2 is 1.27 bits per heavy atom. The molecule has 5 aromatic carbocycles. The number of methoxy groups -OCH3 is 1. The van der Waals surface area contributed by atoms with Gasteiger partial charge in [-0.1, -0.05) is 51.1 Å². The highest BCUT2D eigenvalue weighted by Crippen LogP contribution is 2.32.